The maximum Gasteiger partial charge on any atom is 0.263 e. The largest absolute Gasteiger partial charge is 0.263 e. The first kappa shape index (κ1) is 14.6. The zero-order chi connectivity index (χ0) is 10.7. The summed E-state index contributed by atoms with van der Waals surface area (Å²) >= 11 is 0. The lowest BCUT2D eigenvalue weighted by Crippen LogP contribution is -1.79. The first-order chi connectivity index (χ1) is 6.30. The van der Waals surface area contributed by atoms with Crippen LogP contribution in [0.3, 0.4) is 0 Å². The molecule has 0 aliphatic heterocycles. The van der Waals surface area contributed by atoms with Gasteiger partial charge in [-0.05, 0) is 0 Å². The Kier molecular flexibility index (Phi) is 12.4. The molecule has 0 fully saturated rings. The number of rotatable bonds is 1. The molecule has 0 radical (unpaired) electrons. The van der Waals surface area contributed by atoms with E-state index in [9.17, 15) is 8.78 Å². The van der Waals surface area contributed by atoms with Gasteiger partial charge in [-0.3, -0.25) is 0 Å². The third-order valence-corrected chi connectivity index (χ3v) is 1.05. The summed E-state index contributed by atoms with van der Waals surface area (Å²) in [5.41, 5.74) is 0.0810. The van der Waals surface area contributed by atoms with Gasteiger partial charge in [0.2, 0.25) is 0 Å². The molecule has 76 valence electrons. The van der Waals surface area contributed by atoms with Gasteiger partial charge >= 0.3 is 0 Å². The van der Waals surface area contributed by atoms with Gasteiger partial charge in [-0.15, -0.1) is 0 Å². The Morgan fingerprint density at radius 2 is 1.23 bits per heavy atom. The van der Waals surface area contributed by atoms with E-state index >= 15 is 0 Å². The maximum absolute atomic E-state index is 11.8. The lowest BCUT2D eigenvalue weighted by atomic mass is 10.2. The van der Waals surface area contributed by atoms with E-state index in [1.165, 1.54) is 12.1 Å². The summed E-state index contributed by atoms with van der Waals surface area (Å²) < 4.78 is 23.5. The molecular formula is C11H18F2. The molecule has 0 saturated heterocycles. The zero-order valence-corrected chi connectivity index (χ0v) is 8.72. The Morgan fingerprint density at radius 1 is 0.846 bits per heavy atom. The molecular weight excluding hydrogens is 170 g/mol. The summed E-state index contributed by atoms with van der Waals surface area (Å²) in [7, 11) is 0. The lowest BCUT2D eigenvalue weighted by molar-refractivity contribution is 0.151. The van der Waals surface area contributed by atoms with E-state index < -0.39 is 6.43 Å². The quantitative estimate of drug-likeness (QED) is 0.600. The van der Waals surface area contributed by atoms with Crippen molar-refractivity contribution >= 4 is 0 Å². The van der Waals surface area contributed by atoms with Gasteiger partial charge in [-0.2, -0.15) is 0 Å². The van der Waals surface area contributed by atoms with Gasteiger partial charge in [-0.25, -0.2) is 8.78 Å². The summed E-state index contributed by atoms with van der Waals surface area (Å²) in [5.74, 6) is 0. The van der Waals surface area contributed by atoms with Gasteiger partial charge in [0.25, 0.3) is 6.43 Å². The Hall–Kier alpha value is -0.920. The van der Waals surface area contributed by atoms with Crippen LogP contribution in [-0.4, -0.2) is 0 Å². The van der Waals surface area contributed by atoms with Crippen molar-refractivity contribution < 1.29 is 8.78 Å². The highest BCUT2D eigenvalue weighted by Crippen LogP contribution is 2.16. The topological polar surface area (TPSA) is 0 Å². The van der Waals surface area contributed by atoms with Crippen molar-refractivity contribution in [1.82, 2.24) is 0 Å². The molecule has 0 N–H and O–H groups in total. The average Bonchev–Trinajstić information content (AvgIpc) is 2.25. The molecule has 0 unspecified atom stereocenters. The van der Waals surface area contributed by atoms with Crippen molar-refractivity contribution in [2.45, 2.75) is 34.1 Å². The van der Waals surface area contributed by atoms with Crippen LogP contribution in [0.5, 0.6) is 0 Å². The minimum Gasteiger partial charge on any atom is -0.205 e. The van der Waals surface area contributed by atoms with Gasteiger partial charge in [0, 0.05) is 5.56 Å². The molecule has 0 nitrogen and oxygen atoms in total. The van der Waals surface area contributed by atoms with Crippen LogP contribution < -0.4 is 0 Å². The molecule has 0 heterocycles. The van der Waals surface area contributed by atoms with Crippen LogP contribution in [0.4, 0.5) is 8.78 Å². The van der Waals surface area contributed by atoms with Gasteiger partial charge in [0.05, 0.1) is 0 Å². The number of alkyl halides is 2. The highest BCUT2D eigenvalue weighted by atomic mass is 19.3. The highest BCUT2D eigenvalue weighted by molar-refractivity contribution is 5.15. The molecule has 0 aliphatic carbocycles. The molecule has 0 amide bonds. The molecule has 13 heavy (non-hydrogen) atoms. The normalized spacial score (nSPS) is 7.92. The molecule has 2 heteroatoms. The summed E-state index contributed by atoms with van der Waals surface area (Å²) in [6, 6.07) is 7.73. The predicted octanol–water partition coefficient (Wildman–Crippen LogP) is 4.68. The van der Waals surface area contributed by atoms with Crippen LogP contribution in [-0.2, 0) is 0 Å². The number of benzene rings is 1. The molecule has 1 rings (SSSR count). The van der Waals surface area contributed by atoms with Gasteiger partial charge in [-0.1, -0.05) is 58.0 Å². The van der Waals surface area contributed by atoms with Crippen LogP contribution in [0.25, 0.3) is 0 Å². The SMILES string of the molecule is CC.CC.FC(F)c1ccccc1. The van der Waals surface area contributed by atoms with Crippen LogP contribution in [0.1, 0.15) is 39.7 Å². The summed E-state index contributed by atoms with van der Waals surface area (Å²) in [4.78, 5) is 0. The fourth-order valence-electron chi connectivity index (χ4n) is 0.599. The molecule has 0 atom stereocenters. The zero-order valence-electron chi connectivity index (χ0n) is 8.72. The summed E-state index contributed by atoms with van der Waals surface area (Å²) in [5, 5.41) is 0. The average molecular weight is 188 g/mol. The van der Waals surface area contributed by atoms with Crippen LogP contribution in [0.15, 0.2) is 30.3 Å². The van der Waals surface area contributed by atoms with E-state index in [1.54, 1.807) is 18.2 Å². The van der Waals surface area contributed by atoms with Crippen molar-refractivity contribution in [3.63, 3.8) is 0 Å². The van der Waals surface area contributed by atoms with Gasteiger partial charge < -0.3 is 0 Å². The molecule has 0 aliphatic rings. The number of hydrogen-bond donors (Lipinski definition) is 0. The number of halogens is 2. The van der Waals surface area contributed by atoms with Crippen LogP contribution in [0, 0.1) is 0 Å². The molecule has 1 aromatic carbocycles. The van der Waals surface area contributed by atoms with E-state index in [4.69, 9.17) is 0 Å². The van der Waals surface area contributed by atoms with Crippen LogP contribution in [0.2, 0.25) is 0 Å². The lowest BCUT2D eigenvalue weighted by Gasteiger charge is -1.94. The minimum absolute atomic E-state index is 0.0810. The maximum atomic E-state index is 11.8. The molecule has 0 bridgehead atoms. The van der Waals surface area contributed by atoms with Gasteiger partial charge in [0.15, 0.2) is 0 Å². The van der Waals surface area contributed by atoms with E-state index in [1.807, 2.05) is 27.7 Å². The van der Waals surface area contributed by atoms with E-state index in [2.05, 4.69) is 0 Å². The Morgan fingerprint density at radius 3 is 1.46 bits per heavy atom. The van der Waals surface area contributed by atoms with Crippen molar-refractivity contribution in [1.29, 1.82) is 0 Å². The molecule has 0 spiro atoms. The fourth-order valence-corrected chi connectivity index (χ4v) is 0.599. The molecule has 0 saturated carbocycles. The smallest absolute Gasteiger partial charge is 0.205 e. The monoisotopic (exact) mass is 188 g/mol. The fraction of sp³-hybridized carbons (Fsp3) is 0.455. The second-order valence-corrected chi connectivity index (χ2v) is 1.71. The summed E-state index contributed by atoms with van der Waals surface area (Å²) in [6.07, 6.45) is -2.34. The Bertz CT molecular complexity index is 171. The first-order valence-electron chi connectivity index (χ1n) is 4.64. The van der Waals surface area contributed by atoms with E-state index in [0.717, 1.165) is 0 Å². The first-order valence-corrected chi connectivity index (χ1v) is 4.64. The third-order valence-electron chi connectivity index (χ3n) is 1.05. The van der Waals surface area contributed by atoms with Crippen LogP contribution >= 0.6 is 0 Å². The standard InChI is InChI=1S/C7H6F2.2C2H6/c8-7(9)6-4-2-1-3-5-6;2*1-2/h1-5,7H;2*1-2H3. The highest BCUT2D eigenvalue weighted by Gasteiger charge is 2.02. The second-order valence-electron chi connectivity index (χ2n) is 1.71. The van der Waals surface area contributed by atoms with Crippen molar-refractivity contribution in [2.75, 3.05) is 0 Å². The van der Waals surface area contributed by atoms with E-state index in [-0.39, 0.29) is 5.56 Å². The Balaban J connectivity index is 0. The van der Waals surface area contributed by atoms with Gasteiger partial charge in [0.1, 0.15) is 0 Å². The Labute approximate surface area is 79.6 Å². The minimum atomic E-state index is -2.34. The predicted molar refractivity (Wildman–Crippen MR) is 54.1 cm³/mol. The molecule has 1 aromatic rings. The van der Waals surface area contributed by atoms with Crippen molar-refractivity contribution in [2.24, 2.45) is 0 Å². The third kappa shape index (κ3) is 7.44. The summed E-state index contributed by atoms with van der Waals surface area (Å²) in [6.45, 7) is 8.00. The van der Waals surface area contributed by atoms with Crippen molar-refractivity contribution in [3.05, 3.63) is 35.9 Å². The molecule has 0 aromatic heterocycles. The second kappa shape index (κ2) is 11.1. The van der Waals surface area contributed by atoms with Crippen molar-refractivity contribution in [3.8, 4) is 0 Å². The van der Waals surface area contributed by atoms with E-state index in [0.29, 0.717) is 0 Å². The number of hydrogen-bond acceptors (Lipinski definition) is 0.